The maximum atomic E-state index is 5.69. The fourth-order valence-electron chi connectivity index (χ4n) is 3.62. The van der Waals surface area contributed by atoms with Gasteiger partial charge in [0.1, 0.15) is 6.61 Å². The van der Waals surface area contributed by atoms with Gasteiger partial charge in [-0.05, 0) is 69.2 Å². The molecule has 0 atom stereocenters. The summed E-state index contributed by atoms with van der Waals surface area (Å²) in [5, 5.41) is 4.50. The molecule has 0 aromatic heterocycles. The lowest BCUT2D eigenvalue weighted by Gasteiger charge is -2.13. The first-order valence-electron chi connectivity index (χ1n) is 10.4. The maximum absolute atomic E-state index is 5.69. The van der Waals surface area contributed by atoms with Crippen molar-refractivity contribution in [3.8, 4) is 0 Å². The van der Waals surface area contributed by atoms with E-state index in [0.717, 1.165) is 37.9 Å². The Morgan fingerprint density at radius 1 is 0.852 bits per heavy atom. The second-order valence-corrected chi connectivity index (χ2v) is 7.33. The molecule has 1 heterocycles. The van der Waals surface area contributed by atoms with Crippen LogP contribution in [0.3, 0.4) is 0 Å². The van der Waals surface area contributed by atoms with Crippen LogP contribution in [0.15, 0.2) is 65.8 Å². The van der Waals surface area contributed by atoms with E-state index < -0.39 is 0 Å². The van der Waals surface area contributed by atoms with Crippen molar-refractivity contribution in [2.45, 2.75) is 44.9 Å². The molecule has 3 nitrogen and oxygen atoms in total. The molecule has 0 unspecified atom stereocenters. The van der Waals surface area contributed by atoms with Crippen molar-refractivity contribution >= 4 is 5.71 Å². The highest BCUT2D eigenvalue weighted by Gasteiger charge is 2.10. The molecule has 0 bridgehead atoms. The van der Waals surface area contributed by atoms with Crippen LogP contribution in [0.2, 0.25) is 0 Å². The standard InChI is InChI=1S/C24H32N2O/c1-3-12-22(13-4-1)14-7-8-17-24(23-15-5-2-6-16-23)25-27-21-11-20-26-18-9-10-19-26/h1-6,12-13,15-16H,7-11,14,17-21H2/b25-24+. The van der Waals surface area contributed by atoms with Crippen LogP contribution in [-0.2, 0) is 11.3 Å². The Kier molecular flexibility index (Phi) is 8.40. The van der Waals surface area contributed by atoms with Gasteiger partial charge in [0, 0.05) is 6.54 Å². The van der Waals surface area contributed by atoms with Gasteiger partial charge in [-0.2, -0.15) is 0 Å². The van der Waals surface area contributed by atoms with Crippen molar-refractivity contribution in [3.05, 3.63) is 71.8 Å². The van der Waals surface area contributed by atoms with E-state index in [1.807, 2.05) is 6.07 Å². The Balaban J connectivity index is 1.43. The van der Waals surface area contributed by atoms with Gasteiger partial charge in [-0.3, -0.25) is 0 Å². The van der Waals surface area contributed by atoms with Gasteiger partial charge in [0.2, 0.25) is 0 Å². The van der Waals surface area contributed by atoms with Gasteiger partial charge >= 0.3 is 0 Å². The molecule has 0 radical (unpaired) electrons. The van der Waals surface area contributed by atoms with Crippen molar-refractivity contribution in [2.24, 2.45) is 5.16 Å². The predicted octanol–water partition coefficient (Wildman–Crippen LogP) is 5.31. The Morgan fingerprint density at radius 3 is 2.30 bits per heavy atom. The van der Waals surface area contributed by atoms with Crippen LogP contribution in [0.4, 0.5) is 0 Å². The molecule has 3 rings (SSSR count). The average Bonchev–Trinajstić information content (AvgIpc) is 3.24. The lowest BCUT2D eigenvalue weighted by Crippen LogP contribution is -2.21. The van der Waals surface area contributed by atoms with E-state index in [1.54, 1.807) is 0 Å². The molecule has 0 saturated carbocycles. The number of aryl methyl sites for hydroxylation is 1. The minimum Gasteiger partial charge on any atom is -0.396 e. The van der Waals surface area contributed by atoms with E-state index in [2.05, 4.69) is 64.7 Å². The van der Waals surface area contributed by atoms with Gasteiger partial charge < -0.3 is 9.74 Å². The number of nitrogens with zero attached hydrogens (tertiary/aromatic N) is 2. The molecule has 1 aliphatic rings. The molecule has 27 heavy (non-hydrogen) atoms. The van der Waals surface area contributed by atoms with Crippen LogP contribution in [0.25, 0.3) is 0 Å². The fourth-order valence-corrected chi connectivity index (χ4v) is 3.62. The number of likely N-dealkylation sites (tertiary alicyclic amines) is 1. The summed E-state index contributed by atoms with van der Waals surface area (Å²) in [5.74, 6) is 0. The van der Waals surface area contributed by atoms with Crippen molar-refractivity contribution in [2.75, 3.05) is 26.2 Å². The topological polar surface area (TPSA) is 24.8 Å². The van der Waals surface area contributed by atoms with Crippen LogP contribution in [-0.4, -0.2) is 36.9 Å². The molecular weight excluding hydrogens is 332 g/mol. The zero-order chi connectivity index (χ0) is 18.6. The van der Waals surface area contributed by atoms with Gasteiger partial charge in [0.05, 0.1) is 5.71 Å². The molecule has 2 aromatic carbocycles. The third-order valence-electron chi connectivity index (χ3n) is 5.16. The summed E-state index contributed by atoms with van der Waals surface area (Å²) in [7, 11) is 0. The predicted molar refractivity (Wildman–Crippen MR) is 113 cm³/mol. The molecular formula is C24H32N2O. The van der Waals surface area contributed by atoms with Gasteiger partial charge in [-0.1, -0.05) is 65.8 Å². The first kappa shape index (κ1) is 19.6. The van der Waals surface area contributed by atoms with Gasteiger partial charge in [-0.15, -0.1) is 0 Å². The van der Waals surface area contributed by atoms with Crippen LogP contribution in [0.5, 0.6) is 0 Å². The normalized spacial score (nSPS) is 15.2. The zero-order valence-electron chi connectivity index (χ0n) is 16.4. The summed E-state index contributed by atoms with van der Waals surface area (Å²) in [6.07, 6.45) is 8.13. The second-order valence-electron chi connectivity index (χ2n) is 7.33. The number of unbranched alkanes of at least 4 members (excludes halogenated alkanes) is 1. The smallest absolute Gasteiger partial charge is 0.118 e. The SMILES string of the molecule is c1ccc(CCCC/C(=N\OCCCN2CCCC2)c2ccccc2)cc1. The molecule has 3 heteroatoms. The minimum absolute atomic E-state index is 0.705. The Bertz CT molecular complexity index is 663. The van der Waals surface area contributed by atoms with Gasteiger partial charge in [-0.25, -0.2) is 0 Å². The molecule has 1 fully saturated rings. The second kappa shape index (κ2) is 11.6. The van der Waals surface area contributed by atoms with Crippen molar-refractivity contribution < 1.29 is 4.84 Å². The van der Waals surface area contributed by atoms with E-state index in [-0.39, 0.29) is 0 Å². The first-order chi connectivity index (χ1) is 13.4. The van der Waals surface area contributed by atoms with Gasteiger partial charge in [0.25, 0.3) is 0 Å². The Morgan fingerprint density at radius 2 is 1.56 bits per heavy atom. The van der Waals surface area contributed by atoms with E-state index in [0.29, 0.717) is 6.61 Å². The monoisotopic (exact) mass is 364 g/mol. The number of rotatable bonds is 11. The van der Waals surface area contributed by atoms with Crippen molar-refractivity contribution in [1.29, 1.82) is 0 Å². The van der Waals surface area contributed by atoms with Gasteiger partial charge in [0.15, 0.2) is 0 Å². The summed E-state index contributed by atoms with van der Waals surface area (Å²) in [6.45, 7) is 4.34. The lowest BCUT2D eigenvalue weighted by molar-refractivity contribution is 0.132. The maximum Gasteiger partial charge on any atom is 0.118 e. The third kappa shape index (κ3) is 7.18. The first-order valence-corrected chi connectivity index (χ1v) is 10.4. The highest BCUT2D eigenvalue weighted by atomic mass is 16.6. The molecule has 0 spiro atoms. The highest BCUT2D eigenvalue weighted by molar-refractivity contribution is 6.00. The minimum atomic E-state index is 0.705. The Hall–Kier alpha value is -2.13. The van der Waals surface area contributed by atoms with E-state index in [4.69, 9.17) is 4.84 Å². The number of hydrogen-bond donors (Lipinski definition) is 0. The summed E-state index contributed by atoms with van der Waals surface area (Å²) in [6, 6.07) is 21.2. The van der Waals surface area contributed by atoms with E-state index in [1.165, 1.54) is 43.5 Å². The fraction of sp³-hybridized carbons (Fsp3) is 0.458. The molecule has 2 aromatic rings. The number of oxime groups is 1. The summed E-state index contributed by atoms with van der Waals surface area (Å²) in [5.41, 5.74) is 3.66. The molecule has 0 amide bonds. The van der Waals surface area contributed by atoms with Crippen LogP contribution >= 0.6 is 0 Å². The number of hydrogen-bond acceptors (Lipinski definition) is 3. The lowest BCUT2D eigenvalue weighted by atomic mass is 10.0. The number of benzene rings is 2. The highest BCUT2D eigenvalue weighted by Crippen LogP contribution is 2.12. The van der Waals surface area contributed by atoms with Crippen LogP contribution in [0, 0.1) is 0 Å². The van der Waals surface area contributed by atoms with Crippen LogP contribution < -0.4 is 0 Å². The molecule has 0 aliphatic carbocycles. The van der Waals surface area contributed by atoms with Crippen LogP contribution in [0.1, 0.15) is 49.7 Å². The quantitative estimate of drug-likeness (QED) is 0.307. The average molecular weight is 365 g/mol. The van der Waals surface area contributed by atoms with E-state index >= 15 is 0 Å². The third-order valence-corrected chi connectivity index (χ3v) is 5.16. The largest absolute Gasteiger partial charge is 0.396 e. The molecule has 1 saturated heterocycles. The summed E-state index contributed by atoms with van der Waals surface area (Å²) in [4.78, 5) is 8.21. The Labute approximate surface area is 164 Å². The molecule has 144 valence electrons. The van der Waals surface area contributed by atoms with Crippen molar-refractivity contribution in [3.63, 3.8) is 0 Å². The van der Waals surface area contributed by atoms with E-state index in [9.17, 15) is 0 Å². The zero-order valence-corrected chi connectivity index (χ0v) is 16.4. The summed E-state index contributed by atoms with van der Waals surface area (Å²) < 4.78 is 0. The molecule has 0 N–H and O–H groups in total. The van der Waals surface area contributed by atoms with Crippen molar-refractivity contribution in [1.82, 2.24) is 4.90 Å². The molecule has 1 aliphatic heterocycles. The summed E-state index contributed by atoms with van der Waals surface area (Å²) >= 11 is 0.